The molecule has 0 saturated heterocycles. The van der Waals surface area contributed by atoms with Crippen LogP contribution in [0.1, 0.15) is 36.6 Å². The van der Waals surface area contributed by atoms with Gasteiger partial charge < -0.3 is 9.47 Å². The minimum Gasteiger partial charge on any atom is -0.496 e. The summed E-state index contributed by atoms with van der Waals surface area (Å²) in [6.07, 6.45) is 7.23. The van der Waals surface area contributed by atoms with Gasteiger partial charge in [-0.2, -0.15) is 5.10 Å². The molecule has 0 N–H and O–H groups in total. The van der Waals surface area contributed by atoms with E-state index in [1.54, 1.807) is 32.8 Å². The number of rotatable bonds is 5. The van der Waals surface area contributed by atoms with Gasteiger partial charge in [0.2, 0.25) is 5.88 Å². The average molecular weight is 274 g/mol. The van der Waals surface area contributed by atoms with Gasteiger partial charge in [-0.15, -0.1) is 0 Å². The fourth-order valence-electron chi connectivity index (χ4n) is 2.28. The molecule has 1 fully saturated rings. The lowest BCUT2D eigenvalue weighted by atomic mass is 9.85. The first-order chi connectivity index (χ1) is 9.80. The monoisotopic (exact) mass is 274 g/mol. The third-order valence-electron chi connectivity index (χ3n) is 3.70. The van der Waals surface area contributed by atoms with Crippen LogP contribution in [0.25, 0.3) is 0 Å². The molecule has 0 spiro atoms. The first-order valence-electron chi connectivity index (χ1n) is 6.76. The predicted molar refractivity (Wildman–Crippen MR) is 73.1 cm³/mol. The second-order valence-electron chi connectivity index (χ2n) is 4.97. The SMILES string of the molecule is COc1cc(OC)c(Cn2cnc(C3CCC3)n2)cn1. The Morgan fingerprint density at radius 2 is 2.10 bits per heavy atom. The summed E-state index contributed by atoms with van der Waals surface area (Å²) in [4.78, 5) is 8.60. The fourth-order valence-corrected chi connectivity index (χ4v) is 2.28. The molecule has 106 valence electrons. The zero-order valence-electron chi connectivity index (χ0n) is 11.7. The van der Waals surface area contributed by atoms with Crippen molar-refractivity contribution < 1.29 is 9.47 Å². The zero-order valence-corrected chi connectivity index (χ0v) is 11.7. The number of hydrogen-bond acceptors (Lipinski definition) is 5. The highest BCUT2D eigenvalue weighted by atomic mass is 16.5. The topological polar surface area (TPSA) is 62.1 Å². The molecule has 6 nitrogen and oxygen atoms in total. The largest absolute Gasteiger partial charge is 0.496 e. The maximum absolute atomic E-state index is 5.37. The van der Waals surface area contributed by atoms with Gasteiger partial charge in [-0.3, -0.25) is 0 Å². The Balaban J connectivity index is 1.78. The molecule has 2 heterocycles. The highest BCUT2D eigenvalue weighted by Gasteiger charge is 2.23. The van der Waals surface area contributed by atoms with Crippen molar-refractivity contribution in [1.29, 1.82) is 0 Å². The minimum atomic E-state index is 0.541. The van der Waals surface area contributed by atoms with E-state index in [4.69, 9.17) is 9.47 Å². The molecule has 6 heteroatoms. The summed E-state index contributed by atoms with van der Waals surface area (Å²) in [6.45, 7) is 0.597. The summed E-state index contributed by atoms with van der Waals surface area (Å²) >= 11 is 0. The highest BCUT2D eigenvalue weighted by molar-refractivity contribution is 5.35. The van der Waals surface area contributed by atoms with Crippen LogP contribution in [-0.4, -0.2) is 34.0 Å². The molecule has 0 aromatic carbocycles. The van der Waals surface area contributed by atoms with Crippen molar-refractivity contribution in [2.24, 2.45) is 0 Å². The van der Waals surface area contributed by atoms with Crippen molar-refractivity contribution in [2.75, 3.05) is 14.2 Å². The molecule has 0 unspecified atom stereocenters. The number of pyridine rings is 1. The van der Waals surface area contributed by atoms with Gasteiger partial charge in [0.1, 0.15) is 12.1 Å². The molecule has 0 radical (unpaired) electrons. The second-order valence-corrected chi connectivity index (χ2v) is 4.97. The number of methoxy groups -OCH3 is 2. The van der Waals surface area contributed by atoms with Crippen LogP contribution in [0.15, 0.2) is 18.6 Å². The number of nitrogens with zero attached hydrogens (tertiary/aromatic N) is 4. The molecular weight excluding hydrogens is 256 g/mol. The minimum absolute atomic E-state index is 0.541. The molecule has 2 aromatic rings. The van der Waals surface area contributed by atoms with Gasteiger partial charge >= 0.3 is 0 Å². The molecule has 1 aliphatic rings. The van der Waals surface area contributed by atoms with E-state index in [2.05, 4.69) is 15.1 Å². The number of aromatic nitrogens is 4. The molecule has 0 amide bonds. The maximum atomic E-state index is 5.37. The van der Waals surface area contributed by atoms with E-state index < -0.39 is 0 Å². The Labute approximate surface area is 117 Å². The van der Waals surface area contributed by atoms with Crippen LogP contribution in [0.2, 0.25) is 0 Å². The second kappa shape index (κ2) is 5.48. The lowest BCUT2D eigenvalue weighted by Crippen LogP contribution is -2.11. The van der Waals surface area contributed by atoms with Crippen molar-refractivity contribution >= 4 is 0 Å². The van der Waals surface area contributed by atoms with Gasteiger partial charge in [-0.1, -0.05) is 6.42 Å². The highest BCUT2D eigenvalue weighted by Crippen LogP contribution is 2.34. The van der Waals surface area contributed by atoms with E-state index in [-0.39, 0.29) is 0 Å². The third kappa shape index (κ3) is 2.45. The van der Waals surface area contributed by atoms with Crippen molar-refractivity contribution in [3.8, 4) is 11.6 Å². The van der Waals surface area contributed by atoms with Crippen LogP contribution in [0.5, 0.6) is 11.6 Å². The molecule has 2 aromatic heterocycles. The van der Waals surface area contributed by atoms with E-state index in [0.717, 1.165) is 17.1 Å². The van der Waals surface area contributed by atoms with Crippen LogP contribution >= 0.6 is 0 Å². The van der Waals surface area contributed by atoms with Gasteiger partial charge in [0, 0.05) is 23.7 Å². The summed E-state index contributed by atoms with van der Waals surface area (Å²) in [5.41, 5.74) is 0.957. The Bertz CT molecular complexity index is 593. The van der Waals surface area contributed by atoms with Gasteiger partial charge in [0.05, 0.1) is 20.8 Å². The predicted octanol–water partition coefficient (Wildman–Crippen LogP) is 2.01. The van der Waals surface area contributed by atoms with Gasteiger partial charge in [0.25, 0.3) is 0 Å². The van der Waals surface area contributed by atoms with Gasteiger partial charge in [-0.05, 0) is 12.8 Å². The third-order valence-corrected chi connectivity index (χ3v) is 3.70. The Kier molecular flexibility index (Phi) is 3.54. The summed E-state index contributed by atoms with van der Waals surface area (Å²) in [6, 6.07) is 1.78. The van der Waals surface area contributed by atoms with Crippen LogP contribution in [-0.2, 0) is 6.54 Å². The van der Waals surface area contributed by atoms with Gasteiger partial charge in [0.15, 0.2) is 5.82 Å². The lowest BCUT2D eigenvalue weighted by molar-refractivity contribution is 0.377. The van der Waals surface area contributed by atoms with Crippen molar-refractivity contribution in [3.63, 3.8) is 0 Å². The van der Waals surface area contributed by atoms with E-state index in [1.165, 1.54) is 19.3 Å². The molecule has 3 rings (SSSR count). The summed E-state index contributed by atoms with van der Waals surface area (Å²) in [5.74, 6) is 2.79. The van der Waals surface area contributed by atoms with E-state index in [0.29, 0.717) is 18.3 Å². The van der Waals surface area contributed by atoms with Crippen LogP contribution in [0, 0.1) is 0 Å². The Morgan fingerprint density at radius 3 is 2.75 bits per heavy atom. The molecule has 0 aliphatic heterocycles. The first-order valence-corrected chi connectivity index (χ1v) is 6.76. The average Bonchev–Trinajstić information content (AvgIpc) is 2.85. The summed E-state index contributed by atoms with van der Waals surface area (Å²) in [7, 11) is 3.23. The summed E-state index contributed by atoms with van der Waals surface area (Å²) in [5, 5.41) is 4.54. The lowest BCUT2D eigenvalue weighted by Gasteiger charge is -2.21. The number of ether oxygens (including phenoxy) is 2. The van der Waals surface area contributed by atoms with Gasteiger partial charge in [-0.25, -0.2) is 14.6 Å². The standard InChI is InChI=1S/C14H18N4O2/c1-19-12-6-13(20-2)15-7-11(12)8-18-9-16-14(17-18)10-4-3-5-10/h6-7,9-10H,3-5,8H2,1-2H3. The molecule has 0 atom stereocenters. The molecular formula is C14H18N4O2. The smallest absolute Gasteiger partial charge is 0.216 e. The molecule has 1 aliphatic carbocycles. The quantitative estimate of drug-likeness (QED) is 0.834. The Morgan fingerprint density at radius 1 is 1.25 bits per heavy atom. The molecule has 0 bridgehead atoms. The van der Waals surface area contributed by atoms with Crippen molar-refractivity contribution in [1.82, 2.24) is 19.7 Å². The fraction of sp³-hybridized carbons (Fsp3) is 0.500. The number of hydrogen-bond donors (Lipinski definition) is 0. The first kappa shape index (κ1) is 12.9. The zero-order chi connectivity index (χ0) is 13.9. The van der Waals surface area contributed by atoms with Crippen LogP contribution < -0.4 is 9.47 Å². The maximum Gasteiger partial charge on any atom is 0.216 e. The molecule has 20 heavy (non-hydrogen) atoms. The normalized spacial score (nSPS) is 14.9. The van der Waals surface area contributed by atoms with Crippen molar-refractivity contribution in [3.05, 3.63) is 30.0 Å². The van der Waals surface area contributed by atoms with E-state index in [9.17, 15) is 0 Å². The van der Waals surface area contributed by atoms with E-state index >= 15 is 0 Å². The van der Waals surface area contributed by atoms with Crippen molar-refractivity contribution in [2.45, 2.75) is 31.7 Å². The summed E-state index contributed by atoms with van der Waals surface area (Å²) < 4.78 is 12.3. The Hall–Kier alpha value is -2.11. The van der Waals surface area contributed by atoms with Crippen LogP contribution in [0.4, 0.5) is 0 Å². The molecule has 1 saturated carbocycles. The van der Waals surface area contributed by atoms with Crippen LogP contribution in [0.3, 0.4) is 0 Å². The van der Waals surface area contributed by atoms with E-state index in [1.807, 2.05) is 4.68 Å².